The van der Waals surface area contributed by atoms with E-state index >= 15 is 0 Å². The van der Waals surface area contributed by atoms with Gasteiger partial charge < -0.3 is 5.11 Å². The molecule has 0 spiro atoms. The van der Waals surface area contributed by atoms with E-state index in [1.807, 2.05) is 18.2 Å². The number of nitrogens with zero attached hydrogens (tertiary/aromatic N) is 1. The highest BCUT2D eigenvalue weighted by atomic mass is 32.1. The van der Waals surface area contributed by atoms with Gasteiger partial charge in [-0.1, -0.05) is 30.3 Å². The number of hydrogen-bond acceptors (Lipinski definition) is 3. The summed E-state index contributed by atoms with van der Waals surface area (Å²) >= 11 is 1.29. The zero-order valence-electron chi connectivity index (χ0n) is 9.09. The first-order valence-corrected chi connectivity index (χ1v) is 6.29. The predicted molar refractivity (Wildman–Crippen MR) is 65.5 cm³/mol. The number of aromatic nitrogens is 1. The molecule has 1 aromatic heterocycles. The van der Waals surface area contributed by atoms with E-state index in [2.05, 4.69) is 17.1 Å². The highest BCUT2D eigenvalue weighted by Crippen LogP contribution is 2.54. The average Bonchev–Trinajstić information content (AvgIpc) is 3.00. The Kier molecular flexibility index (Phi) is 2.26. The summed E-state index contributed by atoms with van der Waals surface area (Å²) in [6.07, 6.45) is 3.88. The fourth-order valence-corrected chi connectivity index (χ4v) is 3.18. The molecule has 1 aliphatic carbocycles. The molecular weight excluding hydrogens is 234 g/mol. The van der Waals surface area contributed by atoms with Crippen molar-refractivity contribution in [2.24, 2.45) is 0 Å². The van der Waals surface area contributed by atoms with Gasteiger partial charge in [-0.2, -0.15) is 0 Å². The number of aromatic carboxylic acids is 1. The molecular formula is C13H11NO2S. The lowest BCUT2D eigenvalue weighted by Crippen LogP contribution is -2.05. The summed E-state index contributed by atoms with van der Waals surface area (Å²) in [7, 11) is 0. The molecule has 0 radical (unpaired) electrons. The molecule has 0 unspecified atom stereocenters. The van der Waals surface area contributed by atoms with Crippen LogP contribution in [0.15, 0.2) is 36.5 Å². The summed E-state index contributed by atoms with van der Waals surface area (Å²) in [6.45, 7) is 0. The molecule has 1 heterocycles. The van der Waals surface area contributed by atoms with Gasteiger partial charge in [0.05, 0.1) is 0 Å². The predicted octanol–water partition coefficient (Wildman–Crippen LogP) is 2.92. The van der Waals surface area contributed by atoms with Crippen LogP contribution >= 0.6 is 11.3 Å². The van der Waals surface area contributed by atoms with Crippen molar-refractivity contribution >= 4 is 17.3 Å². The molecule has 0 saturated heterocycles. The minimum atomic E-state index is -0.940. The Morgan fingerprint density at radius 1 is 1.29 bits per heavy atom. The number of rotatable bonds is 3. The quantitative estimate of drug-likeness (QED) is 0.904. The first kappa shape index (κ1) is 10.5. The van der Waals surface area contributed by atoms with Gasteiger partial charge in [0.1, 0.15) is 0 Å². The number of carbonyl (C=O) groups is 1. The van der Waals surface area contributed by atoms with Crippen molar-refractivity contribution in [3.8, 4) is 0 Å². The topological polar surface area (TPSA) is 50.2 Å². The van der Waals surface area contributed by atoms with Crippen LogP contribution in [0.2, 0.25) is 0 Å². The third kappa shape index (κ3) is 1.65. The van der Waals surface area contributed by atoms with Gasteiger partial charge in [0, 0.05) is 16.5 Å². The SMILES string of the molecule is O=C(O)c1ncc(C2(c3ccccc3)CC2)s1. The molecule has 1 saturated carbocycles. The van der Waals surface area contributed by atoms with E-state index < -0.39 is 5.97 Å². The van der Waals surface area contributed by atoms with Crippen LogP contribution in [0, 0.1) is 0 Å². The Labute approximate surface area is 103 Å². The maximum atomic E-state index is 10.8. The Hall–Kier alpha value is -1.68. The highest BCUT2D eigenvalue weighted by molar-refractivity contribution is 7.13. The van der Waals surface area contributed by atoms with E-state index in [0.717, 1.165) is 17.7 Å². The maximum absolute atomic E-state index is 10.8. The summed E-state index contributed by atoms with van der Waals surface area (Å²) in [5, 5.41) is 9.09. The number of thiazole rings is 1. The first-order valence-electron chi connectivity index (χ1n) is 5.47. The molecule has 1 N–H and O–H groups in total. The average molecular weight is 245 g/mol. The van der Waals surface area contributed by atoms with Gasteiger partial charge in [0.15, 0.2) is 0 Å². The summed E-state index contributed by atoms with van der Waals surface area (Å²) in [5.41, 5.74) is 1.30. The van der Waals surface area contributed by atoms with Gasteiger partial charge in [-0.05, 0) is 18.4 Å². The number of hydrogen-bond donors (Lipinski definition) is 1. The first-order chi connectivity index (χ1) is 8.22. The van der Waals surface area contributed by atoms with Crippen LogP contribution in [0.25, 0.3) is 0 Å². The standard InChI is InChI=1S/C13H11NO2S/c15-12(16)11-14-8-10(17-11)13(6-7-13)9-4-2-1-3-5-9/h1-5,8H,6-7H2,(H,15,16). The Balaban J connectivity index is 2.01. The monoisotopic (exact) mass is 245 g/mol. The summed E-state index contributed by atoms with van der Waals surface area (Å²) in [6, 6.07) is 10.2. The van der Waals surface area contributed by atoms with Crippen molar-refractivity contribution in [2.75, 3.05) is 0 Å². The minimum absolute atomic E-state index is 0.0344. The lowest BCUT2D eigenvalue weighted by atomic mass is 9.95. The van der Waals surface area contributed by atoms with Gasteiger partial charge in [-0.15, -0.1) is 11.3 Å². The molecule has 1 aliphatic rings. The van der Waals surface area contributed by atoms with Crippen LogP contribution in [0.5, 0.6) is 0 Å². The van der Waals surface area contributed by atoms with Crippen molar-refractivity contribution in [2.45, 2.75) is 18.3 Å². The largest absolute Gasteiger partial charge is 0.476 e. The molecule has 86 valence electrons. The zero-order valence-corrected chi connectivity index (χ0v) is 9.91. The van der Waals surface area contributed by atoms with Crippen molar-refractivity contribution in [1.82, 2.24) is 4.98 Å². The molecule has 2 aromatic rings. The molecule has 0 amide bonds. The smallest absolute Gasteiger partial charge is 0.365 e. The summed E-state index contributed by atoms with van der Waals surface area (Å²) in [5.74, 6) is -0.940. The third-order valence-electron chi connectivity index (χ3n) is 3.24. The van der Waals surface area contributed by atoms with Gasteiger partial charge in [-0.3, -0.25) is 0 Å². The van der Waals surface area contributed by atoms with Gasteiger partial charge in [0.2, 0.25) is 5.01 Å². The number of carboxylic acids is 1. The van der Waals surface area contributed by atoms with Gasteiger partial charge in [-0.25, -0.2) is 9.78 Å². The van der Waals surface area contributed by atoms with E-state index in [-0.39, 0.29) is 10.4 Å². The minimum Gasteiger partial charge on any atom is -0.476 e. The molecule has 4 heteroatoms. The second-order valence-corrected chi connectivity index (χ2v) is 5.31. The van der Waals surface area contributed by atoms with Crippen molar-refractivity contribution in [3.05, 3.63) is 52.0 Å². The Bertz CT molecular complexity index is 558. The molecule has 0 aliphatic heterocycles. The van der Waals surface area contributed by atoms with Crippen molar-refractivity contribution < 1.29 is 9.90 Å². The number of benzene rings is 1. The van der Waals surface area contributed by atoms with E-state index in [1.54, 1.807) is 6.20 Å². The van der Waals surface area contributed by atoms with E-state index in [9.17, 15) is 4.79 Å². The third-order valence-corrected chi connectivity index (χ3v) is 4.43. The normalized spacial score (nSPS) is 16.7. The van der Waals surface area contributed by atoms with E-state index in [4.69, 9.17) is 5.11 Å². The Morgan fingerprint density at radius 2 is 2.00 bits per heavy atom. The van der Waals surface area contributed by atoms with Crippen LogP contribution < -0.4 is 0 Å². The molecule has 0 bridgehead atoms. The second-order valence-electron chi connectivity index (χ2n) is 4.28. The second kappa shape index (κ2) is 3.67. The number of carboxylic acid groups (broad SMARTS) is 1. The lowest BCUT2D eigenvalue weighted by Gasteiger charge is -2.12. The van der Waals surface area contributed by atoms with E-state index in [1.165, 1.54) is 16.9 Å². The van der Waals surface area contributed by atoms with Crippen LogP contribution in [-0.4, -0.2) is 16.1 Å². The maximum Gasteiger partial charge on any atom is 0.365 e. The fraction of sp³-hybridized carbons (Fsp3) is 0.231. The molecule has 3 nitrogen and oxygen atoms in total. The van der Waals surface area contributed by atoms with Crippen LogP contribution in [0.3, 0.4) is 0 Å². The molecule has 3 rings (SSSR count). The summed E-state index contributed by atoms with van der Waals surface area (Å²) in [4.78, 5) is 15.9. The zero-order chi connectivity index (χ0) is 11.9. The Morgan fingerprint density at radius 3 is 2.53 bits per heavy atom. The van der Waals surface area contributed by atoms with Crippen LogP contribution in [0.4, 0.5) is 0 Å². The fourth-order valence-electron chi connectivity index (χ4n) is 2.15. The van der Waals surface area contributed by atoms with Gasteiger partial charge in [0.25, 0.3) is 0 Å². The van der Waals surface area contributed by atoms with Crippen molar-refractivity contribution in [3.63, 3.8) is 0 Å². The molecule has 17 heavy (non-hydrogen) atoms. The highest BCUT2D eigenvalue weighted by Gasteiger charge is 2.47. The lowest BCUT2D eigenvalue weighted by molar-refractivity contribution is 0.0696. The van der Waals surface area contributed by atoms with Crippen molar-refractivity contribution in [1.29, 1.82) is 0 Å². The molecule has 1 aromatic carbocycles. The molecule has 1 fully saturated rings. The molecule has 0 atom stereocenters. The van der Waals surface area contributed by atoms with E-state index in [0.29, 0.717) is 0 Å². The van der Waals surface area contributed by atoms with Crippen LogP contribution in [0.1, 0.15) is 33.1 Å². The van der Waals surface area contributed by atoms with Gasteiger partial charge >= 0.3 is 5.97 Å². The summed E-state index contributed by atoms with van der Waals surface area (Å²) < 4.78 is 0. The van der Waals surface area contributed by atoms with Crippen LogP contribution in [-0.2, 0) is 5.41 Å².